The zero-order valence-corrected chi connectivity index (χ0v) is 12.3. The Kier molecular flexibility index (Phi) is 5.55. The van der Waals surface area contributed by atoms with Gasteiger partial charge in [0.25, 0.3) is 5.91 Å². The number of ether oxygens (including phenoxy) is 1. The Morgan fingerprint density at radius 3 is 2.55 bits per heavy atom. The number of amides is 1. The fraction of sp³-hybridized carbons (Fsp3) is 0.467. The molecule has 1 atom stereocenters. The normalized spacial score (nSPS) is 11.8. The molecule has 0 saturated heterocycles. The van der Waals surface area contributed by atoms with Crippen molar-refractivity contribution < 1.29 is 19.4 Å². The van der Waals surface area contributed by atoms with Crippen molar-refractivity contribution in [3.05, 3.63) is 29.3 Å². The van der Waals surface area contributed by atoms with E-state index in [0.29, 0.717) is 17.9 Å². The minimum absolute atomic E-state index is 0.182. The van der Waals surface area contributed by atoms with Crippen LogP contribution in [0.3, 0.4) is 0 Å². The molecule has 5 heteroatoms. The minimum atomic E-state index is -0.910. The molecule has 0 heterocycles. The molecular formula is C15H21NO4. The third-order valence-corrected chi connectivity index (χ3v) is 3.17. The number of carboxylic acid groups (broad SMARTS) is 1. The van der Waals surface area contributed by atoms with Crippen LogP contribution in [0.4, 0.5) is 0 Å². The molecule has 0 fully saturated rings. The molecule has 0 saturated carbocycles. The highest BCUT2D eigenvalue weighted by molar-refractivity contribution is 5.97. The van der Waals surface area contributed by atoms with Gasteiger partial charge in [0.15, 0.2) is 0 Å². The van der Waals surface area contributed by atoms with Gasteiger partial charge in [-0.1, -0.05) is 18.6 Å². The smallest absolute Gasteiger partial charge is 0.308 e. The number of methoxy groups -OCH3 is 1. The molecule has 0 spiro atoms. The highest BCUT2D eigenvalue weighted by Gasteiger charge is 2.22. The predicted octanol–water partition coefficient (Wildman–Crippen LogP) is 2.19. The molecule has 110 valence electrons. The van der Waals surface area contributed by atoms with E-state index in [1.165, 1.54) is 12.0 Å². The Bertz CT molecular complexity index is 499. The number of rotatable bonds is 6. The van der Waals surface area contributed by atoms with Gasteiger partial charge in [0, 0.05) is 13.1 Å². The molecular weight excluding hydrogens is 258 g/mol. The summed E-state index contributed by atoms with van der Waals surface area (Å²) in [5.74, 6) is -1.22. The van der Waals surface area contributed by atoms with E-state index >= 15 is 0 Å². The van der Waals surface area contributed by atoms with E-state index < -0.39 is 11.9 Å². The van der Waals surface area contributed by atoms with Crippen molar-refractivity contribution in [1.29, 1.82) is 0 Å². The summed E-state index contributed by atoms with van der Waals surface area (Å²) in [5.41, 5.74) is 1.42. The molecule has 0 bridgehead atoms. The maximum Gasteiger partial charge on any atom is 0.308 e. The van der Waals surface area contributed by atoms with Gasteiger partial charge in [-0.15, -0.1) is 0 Å². The number of carbonyl (C=O) groups is 2. The molecule has 0 aliphatic rings. The van der Waals surface area contributed by atoms with Gasteiger partial charge in [0.1, 0.15) is 5.75 Å². The number of nitrogens with zero attached hydrogens (tertiary/aromatic N) is 1. The zero-order valence-electron chi connectivity index (χ0n) is 12.3. The Labute approximate surface area is 119 Å². The van der Waals surface area contributed by atoms with Gasteiger partial charge in [-0.2, -0.15) is 0 Å². The van der Waals surface area contributed by atoms with Crippen LogP contribution in [0.5, 0.6) is 5.75 Å². The van der Waals surface area contributed by atoms with Crippen molar-refractivity contribution in [3.8, 4) is 5.75 Å². The van der Waals surface area contributed by atoms with Crippen LogP contribution in [0.15, 0.2) is 18.2 Å². The van der Waals surface area contributed by atoms with Crippen molar-refractivity contribution in [2.24, 2.45) is 5.92 Å². The van der Waals surface area contributed by atoms with Crippen LogP contribution in [0.2, 0.25) is 0 Å². The molecule has 1 N–H and O–H groups in total. The maximum absolute atomic E-state index is 12.5. The topological polar surface area (TPSA) is 66.8 Å². The van der Waals surface area contributed by atoms with E-state index in [-0.39, 0.29) is 12.5 Å². The number of benzene rings is 1. The molecule has 0 aliphatic heterocycles. The number of carbonyl (C=O) groups excluding carboxylic acids is 1. The van der Waals surface area contributed by atoms with Gasteiger partial charge in [0.05, 0.1) is 18.6 Å². The van der Waals surface area contributed by atoms with Gasteiger partial charge < -0.3 is 14.7 Å². The third kappa shape index (κ3) is 3.73. The first-order valence-electron chi connectivity index (χ1n) is 6.57. The molecule has 20 heavy (non-hydrogen) atoms. The molecule has 0 aliphatic carbocycles. The highest BCUT2D eigenvalue weighted by Crippen LogP contribution is 2.21. The molecule has 1 rings (SSSR count). The Balaban J connectivity index is 3.02. The van der Waals surface area contributed by atoms with E-state index in [2.05, 4.69) is 0 Å². The molecule has 5 nitrogen and oxygen atoms in total. The minimum Gasteiger partial charge on any atom is -0.496 e. The van der Waals surface area contributed by atoms with Crippen LogP contribution < -0.4 is 4.74 Å². The van der Waals surface area contributed by atoms with Crippen LogP contribution in [-0.2, 0) is 4.79 Å². The molecule has 1 aromatic carbocycles. The summed E-state index contributed by atoms with van der Waals surface area (Å²) in [7, 11) is 1.51. The standard InChI is InChI=1S/C15H21NO4/c1-5-16(9-11(3)15(18)19)14(17)12-8-10(2)6-7-13(12)20-4/h6-8,11H,5,9H2,1-4H3,(H,18,19). The molecule has 1 unspecified atom stereocenters. The molecule has 1 aromatic rings. The van der Waals surface area contributed by atoms with Gasteiger partial charge in [-0.3, -0.25) is 9.59 Å². The predicted molar refractivity (Wildman–Crippen MR) is 76.1 cm³/mol. The van der Waals surface area contributed by atoms with Crippen molar-refractivity contribution in [3.63, 3.8) is 0 Å². The van der Waals surface area contributed by atoms with E-state index in [1.807, 2.05) is 19.9 Å². The van der Waals surface area contributed by atoms with Crippen LogP contribution in [0.1, 0.15) is 29.8 Å². The first-order valence-corrected chi connectivity index (χ1v) is 6.57. The molecule has 1 amide bonds. The lowest BCUT2D eigenvalue weighted by atomic mass is 10.1. The van der Waals surface area contributed by atoms with E-state index in [0.717, 1.165) is 5.56 Å². The van der Waals surface area contributed by atoms with E-state index in [1.54, 1.807) is 19.1 Å². The third-order valence-electron chi connectivity index (χ3n) is 3.17. The van der Waals surface area contributed by atoms with E-state index in [4.69, 9.17) is 9.84 Å². The lowest BCUT2D eigenvalue weighted by molar-refractivity contribution is -0.141. The van der Waals surface area contributed by atoms with Gasteiger partial charge in [-0.05, 0) is 26.0 Å². The zero-order chi connectivity index (χ0) is 15.3. The van der Waals surface area contributed by atoms with Crippen molar-refractivity contribution in [2.45, 2.75) is 20.8 Å². The quantitative estimate of drug-likeness (QED) is 0.866. The fourth-order valence-electron chi connectivity index (χ4n) is 1.92. The lowest BCUT2D eigenvalue weighted by Crippen LogP contribution is -2.37. The van der Waals surface area contributed by atoms with Gasteiger partial charge in [0.2, 0.25) is 0 Å². The summed E-state index contributed by atoms with van der Waals surface area (Å²) in [4.78, 5) is 25.0. The number of hydrogen-bond acceptors (Lipinski definition) is 3. The van der Waals surface area contributed by atoms with Crippen LogP contribution in [-0.4, -0.2) is 42.1 Å². The second kappa shape index (κ2) is 6.93. The van der Waals surface area contributed by atoms with Crippen molar-refractivity contribution in [2.75, 3.05) is 20.2 Å². The second-order valence-corrected chi connectivity index (χ2v) is 4.79. The largest absolute Gasteiger partial charge is 0.496 e. The first kappa shape index (κ1) is 16.0. The summed E-state index contributed by atoms with van der Waals surface area (Å²) in [5, 5.41) is 8.96. The summed E-state index contributed by atoms with van der Waals surface area (Å²) >= 11 is 0. The fourth-order valence-corrected chi connectivity index (χ4v) is 1.92. The van der Waals surface area contributed by atoms with Crippen LogP contribution in [0.25, 0.3) is 0 Å². The Morgan fingerprint density at radius 2 is 2.05 bits per heavy atom. The van der Waals surface area contributed by atoms with E-state index in [9.17, 15) is 9.59 Å². The average Bonchev–Trinajstić information content (AvgIpc) is 2.43. The Hall–Kier alpha value is -2.04. The second-order valence-electron chi connectivity index (χ2n) is 4.79. The Morgan fingerprint density at radius 1 is 1.40 bits per heavy atom. The molecule has 0 aromatic heterocycles. The molecule has 0 radical (unpaired) electrons. The van der Waals surface area contributed by atoms with Crippen molar-refractivity contribution in [1.82, 2.24) is 4.90 Å². The van der Waals surface area contributed by atoms with Crippen LogP contribution >= 0.6 is 0 Å². The first-order chi connectivity index (χ1) is 9.40. The number of aliphatic carboxylic acids is 1. The monoisotopic (exact) mass is 279 g/mol. The summed E-state index contributed by atoms with van der Waals surface area (Å²) < 4.78 is 5.20. The number of hydrogen-bond donors (Lipinski definition) is 1. The van der Waals surface area contributed by atoms with Crippen molar-refractivity contribution >= 4 is 11.9 Å². The van der Waals surface area contributed by atoms with Crippen LogP contribution in [0, 0.1) is 12.8 Å². The lowest BCUT2D eigenvalue weighted by Gasteiger charge is -2.24. The summed E-state index contributed by atoms with van der Waals surface area (Å²) in [6, 6.07) is 5.37. The maximum atomic E-state index is 12.5. The highest BCUT2D eigenvalue weighted by atomic mass is 16.5. The number of carboxylic acids is 1. The van der Waals surface area contributed by atoms with Gasteiger partial charge >= 0.3 is 5.97 Å². The SMILES string of the molecule is CCN(CC(C)C(=O)O)C(=O)c1cc(C)ccc1OC. The van der Waals surface area contributed by atoms with Gasteiger partial charge in [-0.25, -0.2) is 0 Å². The summed E-state index contributed by atoms with van der Waals surface area (Å²) in [6.07, 6.45) is 0. The summed E-state index contributed by atoms with van der Waals surface area (Å²) in [6.45, 7) is 5.95. The number of aryl methyl sites for hydroxylation is 1. The average molecular weight is 279 g/mol.